The van der Waals surface area contributed by atoms with Crippen molar-refractivity contribution in [3.05, 3.63) is 16.0 Å². The van der Waals surface area contributed by atoms with Gasteiger partial charge in [0.1, 0.15) is 17.1 Å². The van der Waals surface area contributed by atoms with Crippen molar-refractivity contribution in [3.63, 3.8) is 0 Å². The van der Waals surface area contributed by atoms with E-state index in [4.69, 9.17) is 9.47 Å². The number of anilines is 1. The number of esters is 2. The standard InChI is InChI=1S/C21H27N3O7S/c1-5-30-18(27)15-12-8-6-7-9-13(12)32-17(15)22-16(26)11(2)31-14(25)10-24-19(28)21(3,4)23-20(24)29/h11H,5-10H2,1-4H3,(H,22,26)(H,23,29). The van der Waals surface area contributed by atoms with Crippen LogP contribution in [0.15, 0.2) is 0 Å². The quantitative estimate of drug-likeness (QED) is 0.465. The number of hydrogen-bond acceptors (Lipinski definition) is 8. The number of urea groups is 1. The molecule has 32 heavy (non-hydrogen) atoms. The maximum atomic E-state index is 12.7. The van der Waals surface area contributed by atoms with Gasteiger partial charge in [0.05, 0.1) is 12.2 Å². The van der Waals surface area contributed by atoms with Crippen LogP contribution in [0.25, 0.3) is 0 Å². The van der Waals surface area contributed by atoms with Gasteiger partial charge >= 0.3 is 18.0 Å². The summed E-state index contributed by atoms with van der Waals surface area (Å²) in [6.45, 7) is 5.74. The molecule has 0 saturated carbocycles. The third kappa shape index (κ3) is 4.77. The molecule has 2 aliphatic rings. The van der Waals surface area contributed by atoms with E-state index < -0.39 is 48.0 Å². The molecule has 3 rings (SSSR count). The second kappa shape index (κ2) is 9.27. The fourth-order valence-electron chi connectivity index (χ4n) is 3.67. The molecule has 2 N–H and O–H groups in total. The van der Waals surface area contributed by atoms with Crippen molar-refractivity contribution in [3.8, 4) is 0 Å². The van der Waals surface area contributed by atoms with Crippen LogP contribution in [0.2, 0.25) is 0 Å². The largest absolute Gasteiger partial charge is 0.462 e. The highest BCUT2D eigenvalue weighted by Gasteiger charge is 2.45. The molecule has 1 saturated heterocycles. The van der Waals surface area contributed by atoms with Crippen LogP contribution in [0, 0.1) is 0 Å². The van der Waals surface area contributed by atoms with E-state index in [1.54, 1.807) is 6.92 Å². The molecule has 1 aliphatic carbocycles. The Morgan fingerprint density at radius 2 is 1.91 bits per heavy atom. The van der Waals surface area contributed by atoms with Gasteiger partial charge in [-0.1, -0.05) is 0 Å². The van der Waals surface area contributed by atoms with Crippen molar-refractivity contribution >= 4 is 46.1 Å². The second-order valence-corrected chi connectivity index (χ2v) is 9.31. The lowest BCUT2D eigenvalue weighted by Crippen LogP contribution is -2.42. The summed E-state index contributed by atoms with van der Waals surface area (Å²) in [5.74, 6) is -2.57. The lowest BCUT2D eigenvalue weighted by atomic mass is 9.95. The SMILES string of the molecule is CCOC(=O)c1c(NC(=O)C(C)OC(=O)CN2C(=O)NC(C)(C)C2=O)sc2c1CCCC2. The lowest BCUT2D eigenvalue weighted by molar-refractivity contribution is -0.155. The van der Waals surface area contributed by atoms with Crippen LogP contribution in [0.3, 0.4) is 0 Å². The molecule has 1 fully saturated rings. The lowest BCUT2D eigenvalue weighted by Gasteiger charge is -2.17. The number of carbonyl (C=O) groups excluding carboxylic acids is 5. The van der Waals surface area contributed by atoms with Crippen molar-refractivity contribution in [1.29, 1.82) is 0 Å². The summed E-state index contributed by atoms with van der Waals surface area (Å²) in [4.78, 5) is 63.3. The Balaban J connectivity index is 1.66. The smallest absolute Gasteiger partial charge is 0.341 e. The zero-order chi connectivity index (χ0) is 23.6. The summed E-state index contributed by atoms with van der Waals surface area (Å²) in [7, 11) is 0. The average molecular weight is 466 g/mol. The van der Waals surface area contributed by atoms with Crippen molar-refractivity contribution in [1.82, 2.24) is 10.2 Å². The fraction of sp³-hybridized carbons (Fsp3) is 0.571. The maximum Gasteiger partial charge on any atom is 0.341 e. The Morgan fingerprint density at radius 3 is 2.53 bits per heavy atom. The molecule has 0 bridgehead atoms. The third-order valence-electron chi connectivity index (χ3n) is 5.30. The summed E-state index contributed by atoms with van der Waals surface area (Å²) < 4.78 is 10.3. The van der Waals surface area contributed by atoms with Crippen LogP contribution in [-0.4, -0.2) is 59.5 Å². The average Bonchev–Trinajstić information content (AvgIpc) is 3.17. The Kier molecular flexibility index (Phi) is 6.87. The normalized spacial score (nSPS) is 17.9. The number of rotatable bonds is 7. The predicted molar refractivity (Wildman–Crippen MR) is 115 cm³/mol. The molecule has 2 heterocycles. The summed E-state index contributed by atoms with van der Waals surface area (Å²) in [5.41, 5.74) is 0.156. The van der Waals surface area contributed by atoms with Gasteiger partial charge in [-0.3, -0.25) is 19.3 Å². The maximum absolute atomic E-state index is 12.7. The molecule has 0 spiro atoms. The molecule has 0 aromatic carbocycles. The Labute approximate surface area is 189 Å². The molecule has 1 unspecified atom stereocenters. The van der Waals surface area contributed by atoms with Gasteiger partial charge in [0.2, 0.25) is 0 Å². The molecule has 1 aromatic rings. The summed E-state index contributed by atoms with van der Waals surface area (Å²) >= 11 is 1.33. The molecular formula is C21H27N3O7S. The Morgan fingerprint density at radius 1 is 1.22 bits per heavy atom. The highest BCUT2D eigenvalue weighted by molar-refractivity contribution is 7.17. The molecule has 174 valence electrons. The van der Waals surface area contributed by atoms with Crippen LogP contribution in [-0.2, 0) is 36.7 Å². The molecule has 10 nitrogen and oxygen atoms in total. The van der Waals surface area contributed by atoms with E-state index in [2.05, 4.69) is 10.6 Å². The first-order valence-corrected chi connectivity index (χ1v) is 11.3. The van der Waals surface area contributed by atoms with Crippen LogP contribution >= 0.6 is 11.3 Å². The monoisotopic (exact) mass is 465 g/mol. The minimum absolute atomic E-state index is 0.213. The molecule has 11 heteroatoms. The molecule has 1 aromatic heterocycles. The first-order chi connectivity index (χ1) is 15.0. The van der Waals surface area contributed by atoms with Crippen molar-refractivity contribution < 1.29 is 33.4 Å². The van der Waals surface area contributed by atoms with E-state index in [9.17, 15) is 24.0 Å². The van der Waals surface area contributed by atoms with Gasteiger partial charge < -0.3 is 20.1 Å². The van der Waals surface area contributed by atoms with Gasteiger partial charge in [0.25, 0.3) is 11.8 Å². The van der Waals surface area contributed by atoms with Gasteiger partial charge in [0.15, 0.2) is 6.10 Å². The number of imide groups is 1. The van der Waals surface area contributed by atoms with E-state index in [-0.39, 0.29) is 6.61 Å². The minimum Gasteiger partial charge on any atom is -0.462 e. The van der Waals surface area contributed by atoms with E-state index in [0.29, 0.717) is 10.6 Å². The molecule has 4 amide bonds. The molecule has 1 atom stereocenters. The number of thiophene rings is 1. The number of hydrogen-bond donors (Lipinski definition) is 2. The summed E-state index contributed by atoms with van der Waals surface area (Å²) in [6.07, 6.45) is 2.33. The highest BCUT2D eigenvalue weighted by Crippen LogP contribution is 2.38. The van der Waals surface area contributed by atoms with Crippen LogP contribution in [0.1, 0.15) is 61.3 Å². The molecule has 0 radical (unpaired) electrons. The first-order valence-electron chi connectivity index (χ1n) is 10.5. The number of nitrogens with one attached hydrogen (secondary N) is 2. The van der Waals surface area contributed by atoms with E-state index in [0.717, 1.165) is 41.0 Å². The number of carbonyl (C=O) groups is 5. The van der Waals surface area contributed by atoms with E-state index in [1.807, 2.05) is 0 Å². The van der Waals surface area contributed by atoms with Crippen LogP contribution in [0.5, 0.6) is 0 Å². The number of nitrogens with zero attached hydrogens (tertiary/aromatic N) is 1. The minimum atomic E-state index is -1.20. The summed E-state index contributed by atoms with van der Waals surface area (Å²) in [6, 6.07) is -0.697. The van der Waals surface area contributed by atoms with Crippen LogP contribution < -0.4 is 10.6 Å². The van der Waals surface area contributed by atoms with Crippen molar-refractivity contribution in [2.24, 2.45) is 0 Å². The zero-order valence-corrected chi connectivity index (χ0v) is 19.3. The number of fused-ring (bicyclic) bond motifs is 1. The van der Waals surface area contributed by atoms with Crippen LogP contribution in [0.4, 0.5) is 9.80 Å². The van der Waals surface area contributed by atoms with Crippen molar-refractivity contribution in [2.45, 2.75) is 65.0 Å². The van der Waals surface area contributed by atoms with E-state index in [1.165, 1.54) is 32.1 Å². The van der Waals surface area contributed by atoms with Crippen molar-refractivity contribution in [2.75, 3.05) is 18.5 Å². The third-order valence-corrected chi connectivity index (χ3v) is 6.50. The first kappa shape index (κ1) is 23.7. The molecule has 1 aliphatic heterocycles. The van der Waals surface area contributed by atoms with Gasteiger partial charge in [-0.2, -0.15) is 0 Å². The predicted octanol–water partition coefficient (Wildman–Crippen LogP) is 2.00. The molecular weight excluding hydrogens is 438 g/mol. The number of ether oxygens (including phenoxy) is 2. The Bertz CT molecular complexity index is 969. The highest BCUT2D eigenvalue weighted by atomic mass is 32.1. The summed E-state index contributed by atoms with van der Waals surface area (Å²) in [5, 5.41) is 5.52. The zero-order valence-electron chi connectivity index (χ0n) is 18.5. The second-order valence-electron chi connectivity index (χ2n) is 8.20. The van der Waals surface area contributed by atoms with Gasteiger partial charge in [-0.25, -0.2) is 9.59 Å². The van der Waals surface area contributed by atoms with Gasteiger partial charge in [-0.05, 0) is 58.9 Å². The number of aryl methyl sites for hydroxylation is 1. The Hall–Kier alpha value is -2.95. The van der Waals surface area contributed by atoms with E-state index >= 15 is 0 Å². The topological polar surface area (TPSA) is 131 Å². The van der Waals surface area contributed by atoms with Gasteiger partial charge in [0, 0.05) is 4.88 Å². The fourth-order valence-corrected chi connectivity index (χ4v) is 4.95. The number of amides is 4. The van der Waals surface area contributed by atoms with Gasteiger partial charge in [-0.15, -0.1) is 11.3 Å².